The number of hydrogen-bond donors (Lipinski definition) is 1. The van der Waals surface area contributed by atoms with Crippen molar-refractivity contribution < 1.29 is 23.1 Å². The van der Waals surface area contributed by atoms with Crippen LogP contribution in [0.5, 0.6) is 0 Å². The third-order valence-electron chi connectivity index (χ3n) is 3.54. The van der Waals surface area contributed by atoms with Crippen LogP contribution in [0.4, 0.5) is 0 Å². The van der Waals surface area contributed by atoms with Gasteiger partial charge in [-0.1, -0.05) is 0 Å². The number of aliphatic hydroxyl groups excluding tert-OH is 1. The van der Waals surface area contributed by atoms with Crippen LogP contribution >= 0.6 is 0 Å². The number of aliphatic hydroxyl groups is 1. The molecule has 1 fully saturated rings. The number of nitrogens with zero attached hydrogens (tertiary/aromatic N) is 3. The van der Waals surface area contributed by atoms with Crippen molar-refractivity contribution in [2.24, 2.45) is 0 Å². The minimum absolute atomic E-state index is 0.0384. The van der Waals surface area contributed by atoms with Crippen molar-refractivity contribution in [1.82, 2.24) is 13.5 Å². The second kappa shape index (κ2) is 8.64. The Balaban J connectivity index is 2.58. The first-order chi connectivity index (χ1) is 9.91. The largest absolute Gasteiger partial charge is 0.469 e. The van der Waals surface area contributed by atoms with E-state index in [9.17, 15) is 13.2 Å². The Morgan fingerprint density at radius 1 is 1.29 bits per heavy atom. The highest BCUT2D eigenvalue weighted by Crippen LogP contribution is 2.11. The number of methoxy groups -OCH3 is 1. The van der Waals surface area contributed by atoms with Gasteiger partial charge in [0.15, 0.2) is 0 Å². The van der Waals surface area contributed by atoms with Crippen LogP contribution in [0.15, 0.2) is 0 Å². The van der Waals surface area contributed by atoms with Gasteiger partial charge < -0.3 is 9.84 Å². The van der Waals surface area contributed by atoms with Crippen LogP contribution in [0.25, 0.3) is 0 Å². The fourth-order valence-corrected chi connectivity index (χ4v) is 3.59. The second-order valence-corrected chi connectivity index (χ2v) is 7.01. The molecule has 0 spiro atoms. The fourth-order valence-electron chi connectivity index (χ4n) is 2.21. The third-order valence-corrected chi connectivity index (χ3v) is 5.53. The van der Waals surface area contributed by atoms with Crippen molar-refractivity contribution in [1.29, 1.82) is 0 Å². The van der Waals surface area contributed by atoms with E-state index in [0.29, 0.717) is 26.2 Å². The molecule has 0 unspecified atom stereocenters. The topological polar surface area (TPSA) is 90.4 Å². The summed E-state index contributed by atoms with van der Waals surface area (Å²) in [5.41, 5.74) is 0. The Morgan fingerprint density at radius 3 is 2.62 bits per heavy atom. The lowest BCUT2D eigenvalue weighted by molar-refractivity contribution is -0.140. The number of carbonyl (C=O) groups is 1. The lowest BCUT2D eigenvalue weighted by atomic mass is 10.4. The molecule has 8 nitrogen and oxygen atoms in total. The maximum atomic E-state index is 12.4. The third kappa shape index (κ3) is 5.51. The minimum atomic E-state index is -3.56. The Labute approximate surface area is 126 Å². The lowest BCUT2D eigenvalue weighted by Gasteiger charge is -2.26. The van der Waals surface area contributed by atoms with Gasteiger partial charge in [0.2, 0.25) is 0 Å². The average molecular weight is 323 g/mol. The summed E-state index contributed by atoms with van der Waals surface area (Å²) >= 11 is 0. The summed E-state index contributed by atoms with van der Waals surface area (Å²) in [7, 11) is -0.812. The Hall–Kier alpha value is -0.740. The van der Waals surface area contributed by atoms with Crippen LogP contribution < -0.4 is 0 Å². The van der Waals surface area contributed by atoms with Crippen molar-refractivity contribution in [3.05, 3.63) is 0 Å². The molecule has 0 saturated carbocycles. The lowest BCUT2D eigenvalue weighted by Crippen LogP contribution is -2.44. The number of esters is 1. The van der Waals surface area contributed by atoms with Crippen molar-refractivity contribution in [2.45, 2.75) is 12.8 Å². The van der Waals surface area contributed by atoms with Crippen molar-refractivity contribution >= 4 is 16.2 Å². The summed E-state index contributed by atoms with van der Waals surface area (Å²) in [5.74, 6) is -0.429. The monoisotopic (exact) mass is 323 g/mol. The van der Waals surface area contributed by atoms with Crippen LogP contribution in [-0.2, 0) is 19.7 Å². The minimum Gasteiger partial charge on any atom is -0.469 e. The molecule has 1 N–H and O–H groups in total. The van der Waals surface area contributed by atoms with Gasteiger partial charge in [0, 0.05) is 39.8 Å². The highest BCUT2D eigenvalue weighted by Gasteiger charge is 2.28. The molecular formula is C12H25N3O5S. The Morgan fingerprint density at radius 2 is 2.00 bits per heavy atom. The van der Waals surface area contributed by atoms with Crippen LogP contribution in [0.1, 0.15) is 12.8 Å². The molecule has 9 heteroatoms. The molecule has 1 heterocycles. The van der Waals surface area contributed by atoms with E-state index in [1.54, 1.807) is 0 Å². The van der Waals surface area contributed by atoms with E-state index in [-0.39, 0.29) is 19.6 Å². The van der Waals surface area contributed by atoms with Gasteiger partial charge in [-0.15, -0.1) is 0 Å². The van der Waals surface area contributed by atoms with Gasteiger partial charge in [0.05, 0.1) is 20.1 Å². The molecule has 21 heavy (non-hydrogen) atoms. The molecule has 0 aromatic carbocycles. The van der Waals surface area contributed by atoms with Gasteiger partial charge in [-0.05, 0) is 13.0 Å². The van der Waals surface area contributed by atoms with Gasteiger partial charge in [-0.3, -0.25) is 9.69 Å². The van der Waals surface area contributed by atoms with Gasteiger partial charge in [-0.2, -0.15) is 17.0 Å². The average Bonchev–Trinajstić information content (AvgIpc) is 2.70. The predicted molar refractivity (Wildman–Crippen MR) is 77.9 cm³/mol. The molecule has 0 aromatic rings. The summed E-state index contributed by atoms with van der Waals surface area (Å²) in [5, 5.41) is 8.94. The molecule has 0 radical (unpaired) electrons. The summed E-state index contributed by atoms with van der Waals surface area (Å²) < 4.78 is 32.0. The molecule has 0 atom stereocenters. The smallest absolute Gasteiger partial charge is 0.306 e. The van der Waals surface area contributed by atoms with Crippen molar-refractivity contribution in [2.75, 3.05) is 60.0 Å². The SMILES string of the molecule is COC(=O)CCN(C)S(=O)(=O)N1CCCN(CCO)CC1. The molecule has 124 valence electrons. The van der Waals surface area contributed by atoms with E-state index in [1.807, 2.05) is 4.90 Å². The van der Waals surface area contributed by atoms with E-state index in [1.165, 1.54) is 22.8 Å². The van der Waals surface area contributed by atoms with E-state index < -0.39 is 16.2 Å². The van der Waals surface area contributed by atoms with Gasteiger partial charge in [0.1, 0.15) is 0 Å². The zero-order chi connectivity index (χ0) is 15.9. The zero-order valence-electron chi connectivity index (χ0n) is 12.7. The number of carbonyl (C=O) groups excluding carboxylic acids is 1. The summed E-state index contributed by atoms with van der Waals surface area (Å²) in [6.07, 6.45) is 0.765. The molecule has 0 aromatic heterocycles. The molecule has 1 rings (SSSR count). The molecule has 0 amide bonds. The maximum Gasteiger partial charge on any atom is 0.306 e. The summed E-state index contributed by atoms with van der Waals surface area (Å²) in [4.78, 5) is 13.1. The van der Waals surface area contributed by atoms with Crippen LogP contribution in [0.2, 0.25) is 0 Å². The van der Waals surface area contributed by atoms with Gasteiger partial charge in [-0.25, -0.2) is 0 Å². The highest BCUT2D eigenvalue weighted by atomic mass is 32.2. The normalized spacial score (nSPS) is 18.7. The van der Waals surface area contributed by atoms with E-state index in [4.69, 9.17) is 5.11 Å². The van der Waals surface area contributed by atoms with Crippen LogP contribution in [0.3, 0.4) is 0 Å². The second-order valence-electron chi connectivity index (χ2n) is 4.97. The van der Waals surface area contributed by atoms with E-state index in [0.717, 1.165) is 13.0 Å². The predicted octanol–water partition coefficient (Wildman–Crippen LogP) is -1.27. The molecule has 1 saturated heterocycles. The first kappa shape index (κ1) is 18.3. The Kier molecular flexibility index (Phi) is 7.53. The van der Waals surface area contributed by atoms with Gasteiger partial charge in [0.25, 0.3) is 10.2 Å². The van der Waals surface area contributed by atoms with Gasteiger partial charge >= 0.3 is 5.97 Å². The number of hydrogen-bond acceptors (Lipinski definition) is 6. The first-order valence-electron chi connectivity index (χ1n) is 7.03. The quantitative estimate of drug-likeness (QED) is 0.587. The molecule has 0 bridgehead atoms. The molecular weight excluding hydrogens is 298 g/mol. The number of β-amino-alcohol motifs (C(OH)–C–C–N with tert-alkyl or cyclic N) is 1. The molecule has 1 aliphatic rings. The molecule has 0 aliphatic carbocycles. The summed E-state index contributed by atoms with van der Waals surface area (Å²) in [6, 6.07) is 0. The van der Waals surface area contributed by atoms with Crippen molar-refractivity contribution in [3.8, 4) is 0 Å². The van der Waals surface area contributed by atoms with Crippen molar-refractivity contribution in [3.63, 3.8) is 0 Å². The fraction of sp³-hybridized carbons (Fsp3) is 0.917. The van der Waals surface area contributed by atoms with Crippen LogP contribution in [-0.4, -0.2) is 93.0 Å². The molecule has 1 aliphatic heterocycles. The maximum absolute atomic E-state index is 12.4. The number of ether oxygens (including phenoxy) is 1. The standard InChI is InChI=1S/C12H25N3O5S/c1-13(7-4-12(17)20-2)21(18,19)15-6-3-5-14(8-9-15)10-11-16/h16H,3-11H2,1-2H3. The number of rotatable bonds is 7. The zero-order valence-corrected chi connectivity index (χ0v) is 13.5. The highest BCUT2D eigenvalue weighted by molar-refractivity contribution is 7.86. The van der Waals surface area contributed by atoms with E-state index in [2.05, 4.69) is 4.74 Å². The summed E-state index contributed by atoms with van der Waals surface area (Å²) in [6.45, 7) is 2.96. The van der Waals surface area contributed by atoms with Crippen LogP contribution in [0, 0.1) is 0 Å². The first-order valence-corrected chi connectivity index (χ1v) is 8.43. The van der Waals surface area contributed by atoms with E-state index >= 15 is 0 Å². The Bertz CT molecular complexity index is 429.